The van der Waals surface area contributed by atoms with Gasteiger partial charge in [0, 0.05) is 11.3 Å². The summed E-state index contributed by atoms with van der Waals surface area (Å²) in [4.78, 5) is 0. The van der Waals surface area contributed by atoms with E-state index in [4.69, 9.17) is 39.2 Å². The SMILES string of the molecule is Fc1ccc(-c2ccc(CNc3ccc(Cl)c(Cl)c3)o2)cc1Cl. The van der Waals surface area contributed by atoms with Gasteiger partial charge in [0.05, 0.1) is 21.6 Å². The molecule has 0 unspecified atom stereocenters. The topological polar surface area (TPSA) is 25.2 Å². The lowest BCUT2D eigenvalue weighted by molar-refractivity contribution is 0.531. The molecular weight excluding hydrogens is 360 g/mol. The van der Waals surface area contributed by atoms with Gasteiger partial charge in [-0.2, -0.15) is 0 Å². The van der Waals surface area contributed by atoms with Crippen molar-refractivity contribution in [1.29, 1.82) is 0 Å². The number of furan rings is 1. The van der Waals surface area contributed by atoms with Crippen LogP contribution in [-0.4, -0.2) is 0 Å². The van der Waals surface area contributed by atoms with Gasteiger partial charge in [0.2, 0.25) is 0 Å². The first-order chi connectivity index (χ1) is 11.0. The Bertz CT molecular complexity index is 848. The van der Waals surface area contributed by atoms with E-state index in [-0.39, 0.29) is 5.02 Å². The van der Waals surface area contributed by atoms with Crippen molar-refractivity contribution in [1.82, 2.24) is 0 Å². The molecule has 0 fully saturated rings. The Labute approximate surface area is 147 Å². The van der Waals surface area contributed by atoms with Gasteiger partial charge < -0.3 is 9.73 Å². The zero-order valence-electron chi connectivity index (χ0n) is 11.7. The number of anilines is 1. The van der Waals surface area contributed by atoms with Gasteiger partial charge in [0.15, 0.2) is 0 Å². The van der Waals surface area contributed by atoms with Crippen LogP contribution in [-0.2, 0) is 6.54 Å². The number of nitrogens with one attached hydrogen (secondary N) is 1. The van der Waals surface area contributed by atoms with Crippen LogP contribution in [0, 0.1) is 5.82 Å². The van der Waals surface area contributed by atoms with Crippen molar-refractivity contribution in [2.24, 2.45) is 0 Å². The average Bonchev–Trinajstić information content (AvgIpc) is 3.00. The first-order valence-corrected chi connectivity index (χ1v) is 7.89. The molecule has 3 aromatic rings. The largest absolute Gasteiger partial charge is 0.459 e. The molecule has 1 aromatic heterocycles. The number of hydrogen-bond acceptors (Lipinski definition) is 2. The Morgan fingerprint density at radius 1 is 0.870 bits per heavy atom. The Hall–Kier alpha value is -1.68. The lowest BCUT2D eigenvalue weighted by Crippen LogP contribution is -1.97. The molecule has 0 aliphatic carbocycles. The van der Waals surface area contributed by atoms with Crippen LogP contribution in [0.3, 0.4) is 0 Å². The Morgan fingerprint density at radius 2 is 1.70 bits per heavy atom. The lowest BCUT2D eigenvalue weighted by atomic mass is 10.2. The molecule has 1 heterocycles. The highest BCUT2D eigenvalue weighted by Gasteiger charge is 2.08. The monoisotopic (exact) mass is 369 g/mol. The number of rotatable bonds is 4. The minimum Gasteiger partial charge on any atom is -0.459 e. The van der Waals surface area contributed by atoms with E-state index in [1.807, 2.05) is 18.2 Å². The van der Waals surface area contributed by atoms with E-state index in [2.05, 4.69) is 5.32 Å². The first-order valence-electron chi connectivity index (χ1n) is 6.76. The van der Waals surface area contributed by atoms with Crippen LogP contribution in [0.1, 0.15) is 5.76 Å². The highest BCUT2D eigenvalue weighted by molar-refractivity contribution is 6.42. The van der Waals surface area contributed by atoms with E-state index in [9.17, 15) is 4.39 Å². The van der Waals surface area contributed by atoms with Crippen molar-refractivity contribution in [3.63, 3.8) is 0 Å². The highest BCUT2D eigenvalue weighted by Crippen LogP contribution is 2.28. The second kappa shape index (κ2) is 6.83. The fraction of sp³-hybridized carbons (Fsp3) is 0.0588. The second-order valence-corrected chi connectivity index (χ2v) is 6.10. The summed E-state index contributed by atoms with van der Waals surface area (Å²) in [5, 5.41) is 4.24. The van der Waals surface area contributed by atoms with Crippen molar-refractivity contribution in [2.75, 3.05) is 5.32 Å². The smallest absolute Gasteiger partial charge is 0.141 e. The number of halogens is 4. The molecule has 0 saturated heterocycles. The van der Waals surface area contributed by atoms with E-state index in [1.165, 1.54) is 12.1 Å². The Kier molecular flexibility index (Phi) is 4.81. The van der Waals surface area contributed by atoms with Crippen LogP contribution in [0.5, 0.6) is 0 Å². The average molecular weight is 371 g/mol. The van der Waals surface area contributed by atoms with Gasteiger partial charge in [-0.05, 0) is 48.5 Å². The zero-order valence-corrected chi connectivity index (χ0v) is 14.0. The van der Waals surface area contributed by atoms with Crippen LogP contribution < -0.4 is 5.32 Å². The van der Waals surface area contributed by atoms with Crippen LogP contribution >= 0.6 is 34.8 Å². The number of benzene rings is 2. The van der Waals surface area contributed by atoms with E-state index in [0.29, 0.717) is 22.4 Å². The molecule has 1 N–H and O–H groups in total. The van der Waals surface area contributed by atoms with Gasteiger partial charge in [-0.3, -0.25) is 0 Å². The van der Waals surface area contributed by atoms with Gasteiger partial charge in [-0.25, -0.2) is 4.39 Å². The summed E-state index contributed by atoms with van der Waals surface area (Å²) in [6.07, 6.45) is 0. The van der Waals surface area contributed by atoms with Crippen LogP contribution in [0.4, 0.5) is 10.1 Å². The van der Waals surface area contributed by atoms with Crippen molar-refractivity contribution in [2.45, 2.75) is 6.54 Å². The van der Waals surface area contributed by atoms with E-state index in [1.54, 1.807) is 18.2 Å². The van der Waals surface area contributed by atoms with Gasteiger partial charge in [-0.1, -0.05) is 34.8 Å². The Morgan fingerprint density at radius 3 is 2.43 bits per heavy atom. The van der Waals surface area contributed by atoms with Crippen molar-refractivity contribution in [3.8, 4) is 11.3 Å². The minimum atomic E-state index is -0.455. The molecule has 0 radical (unpaired) electrons. The molecule has 2 nitrogen and oxygen atoms in total. The third kappa shape index (κ3) is 3.81. The zero-order chi connectivity index (χ0) is 16.4. The molecule has 6 heteroatoms. The van der Waals surface area contributed by atoms with Gasteiger partial charge in [0.1, 0.15) is 17.3 Å². The molecule has 0 saturated carbocycles. The number of hydrogen-bond donors (Lipinski definition) is 1. The quantitative estimate of drug-likeness (QED) is 0.555. The molecule has 2 aromatic carbocycles. The predicted octanol–water partition coefficient (Wildman–Crippen LogP) is 6.66. The molecule has 3 rings (SSSR count). The van der Waals surface area contributed by atoms with Crippen molar-refractivity contribution in [3.05, 3.63) is 75.2 Å². The summed E-state index contributed by atoms with van der Waals surface area (Å²) < 4.78 is 18.9. The van der Waals surface area contributed by atoms with E-state index >= 15 is 0 Å². The highest BCUT2D eigenvalue weighted by atomic mass is 35.5. The third-order valence-corrected chi connectivity index (χ3v) is 4.28. The molecule has 0 amide bonds. The van der Waals surface area contributed by atoms with Crippen molar-refractivity contribution >= 4 is 40.5 Å². The summed E-state index contributed by atoms with van der Waals surface area (Å²) in [5.41, 5.74) is 1.55. The van der Waals surface area contributed by atoms with Gasteiger partial charge >= 0.3 is 0 Å². The van der Waals surface area contributed by atoms with E-state index in [0.717, 1.165) is 17.0 Å². The summed E-state index contributed by atoms with van der Waals surface area (Å²) in [6.45, 7) is 0.479. The van der Waals surface area contributed by atoms with E-state index < -0.39 is 5.82 Å². The maximum Gasteiger partial charge on any atom is 0.141 e. The Balaban J connectivity index is 1.71. The first kappa shape index (κ1) is 16.2. The predicted molar refractivity (Wildman–Crippen MR) is 92.9 cm³/mol. The summed E-state index contributed by atoms with van der Waals surface area (Å²) in [7, 11) is 0. The molecule has 0 aliphatic rings. The van der Waals surface area contributed by atoms with Gasteiger partial charge in [-0.15, -0.1) is 0 Å². The van der Waals surface area contributed by atoms with Crippen LogP contribution in [0.2, 0.25) is 15.1 Å². The fourth-order valence-corrected chi connectivity index (χ4v) is 2.55. The maximum atomic E-state index is 13.2. The summed E-state index contributed by atoms with van der Waals surface area (Å²) >= 11 is 17.6. The second-order valence-electron chi connectivity index (χ2n) is 4.88. The van der Waals surface area contributed by atoms with Crippen molar-refractivity contribution < 1.29 is 8.81 Å². The summed E-state index contributed by atoms with van der Waals surface area (Å²) in [6, 6.07) is 13.4. The van der Waals surface area contributed by atoms with Crippen LogP contribution in [0.25, 0.3) is 11.3 Å². The molecule has 0 spiro atoms. The molecule has 0 aliphatic heterocycles. The fourth-order valence-electron chi connectivity index (χ4n) is 2.07. The standard InChI is InChI=1S/C17H11Cl3FNO/c18-13-4-2-11(8-14(13)19)22-9-12-3-6-17(23-12)10-1-5-16(21)15(20)7-10/h1-8,22H,9H2. The third-order valence-electron chi connectivity index (χ3n) is 3.25. The molecule has 0 bridgehead atoms. The normalized spacial score (nSPS) is 10.8. The summed E-state index contributed by atoms with van der Waals surface area (Å²) in [5.74, 6) is 0.896. The molecule has 118 valence electrons. The molecule has 23 heavy (non-hydrogen) atoms. The molecular formula is C17H11Cl3FNO. The lowest BCUT2D eigenvalue weighted by Gasteiger charge is -2.05. The molecule has 0 atom stereocenters. The maximum absolute atomic E-state index is 13.2. The van der Waals surface area contributed by atoms with Crippen LogP contribution in [0.15, 0.2) is 52.9 Å². The van der Waals surface area contributed by atoms with Gasteiger partial charge in [0.25, 0.3) is 0 Å². The minimum absolute atomic E-state index is 0.0642.